The molecule has 1 fully saturated rings. The van der Waals surface area contributed by atoms with Crippen LogP contribution in [0.3, 0.4) is 0 Å². The molecule has 0 atom stereocenters. The lowest BCUT2D eigenvalue weighted by Gasteiger charge is -2.37. The van der Waals surface area contributed by atoms with E-state index in [1.165, 1.54) is 4.31 Å². The quantitative estimate of drug-likeness (QED) is 0.559. The standard InChI is InChI=1S/C26H25N3O5S/c30-26(28-13-11-27(12-14-28)16-19-9-10-23-24(15-19)34-18-33-23)17-29-22-7-3-1-5-20(22)21-6-2-4-8-25(21)35(29,31)32/h1-10,15H,11-14,16-18H2. The molecule has 0 spiro atoms. The van der Waals surface area contributed by atoms with Gasteiger partial charge in [-0.2, -0.15) is 0 Å². The Morgan fingerprint density at radius 3 is 2.37 bits per heavy atom. The molecule has 8 nitrogen and oxygen atoms in total. The van der Waals surface area contributed by atoms with Crippen LogP contribution < -0.4 is 13.8 Å². The van der Waals surface area contributed by atoms with Crippen LogP contribution in [0.2, 0.25) is 0 Å². The van der Waals surface area contributed by atoms with Gasteiger partial charge in [0.2, 0.25) is 12.7 Å². The average Bonchev–Trinajstić information content (AvgIpc) is 3.35. The number of piperazine rings is 1. The van der Waals surface area contributed by atoms with Crippen molar-refractivity contribution in [2.75, 3.05) is 43.8 Å². The predicted octanol–water partition coefficient (Wildman–Crippen LogP) is 2.94. The zero-order valence-electron chi connectivity index (χ0n) is 19.1. The van der Waals surface area contributed by atoms with Crippen molar-refractivity contribution in [3.8, 4) is 22.6 Å². The number of hydrogen-bond acceptors (Lipinski definition) is 6. The van der Waals surface area contributed by atoms with Gasteiger partial charge in [-0.15, -0.1) is 0 Å². The fourth-order valence-electron chi connectivity index (χ4n) is 4.93. The smallest absolute Gasteiger partial charge is 0.265 e. The van der Waals surface area contributed by atoms with Gasteiger partial charge in [-0.25, -0.2) is 8.42 Å². The van der Waals surface area contributed by atoms with Gasteiger partial charge in [-0.1, -0.05) is 42.5 Å². The number of benzene rings is 3. The number of nitrogens with zero attached hydrogens (tertiary/aromatic N) is 3. The molecule has 180 valence electrons. The Balaban J connectivity index is 1.14. The zero-order chi connectivity index (χ0) is 24.0. The minimum absolute atomic E-state index is 0.189. The van der Waals surface area contributed by atoms with E-state index in [9.17, 15) is 13.2 Å². The first-order valence-corrected chi connectivity index (χ1v) is 13.0. The van der Waals surface area contributed by atoms with E-state index in [4.69, 9.17) is 9.47 Å². The van der Waals surface area contributed by atoms with E-state index < -0.39 is 10.0 Å². The van der Waals surface area contributed by atoms with Crippen molar-refractivity contribution < 1.29 is 22.7 Å². The lowest BCUT2D eigenvalue weighted by atomic mass is 10.0. The first-order valence-electron chi connectivity index (χ1n) is 11.6. The number of amides is 1. The summed E-state index contributed by atoms with van der Waals surface area (Å²) in [7, 11) is -3.83. The van der Waals surface area contributed by atoms with Gasteiger partial charge in [0, 0.05) is 43.9 Å². The maximum absolute atomic E-state index is 13.4. The predicted molar refractivity (Wildman–Crippen MR) is 131 cm³/mol. The summed E-state index contributed by atoms with van der Waals surface area (Å²) in [6, 6.07) is 20.2. The number of para-hydroxylation sites is 1. The van der Waals surface area contributed by atoms with Crippen molar-refractivity contribution in [3.05, 3.63) is 72.3 Å². The van der Waals surface area contributed by atoms with Crippen molar-refractivity contribution in [2.24, 2.45) is 0 Å². The lowest BCUT2D eigenvalue weighted by molar-refractivity contribution is -0.131. The topological polar surface area (TPSA) is 79.4 Å². The molecule has 3 aromatic carbocycles. The van der Waals surface area contributed by atoms with E-state index in [0.29, 0.717) is 37.4 Å². The summed E-state index contributed by atoms with van der Waals surface area (Å²) in [4.78, 5) is 17.5. The molecule has 0 bridgehead atoms. The minimum Gasteiger partial charge on any atom is -0.454 e. The van der Waals surface area contributed by atoms with E-state index >= 15 is 0 Å². The van der Waals surface area contributed by atoms with E-state index in [1.807, 2.05) is 42.5 Å². The number of sulfonamides is 1. The Labute approximate surface area is 204 Å². The maximum Gasteiger partial charge on any atom is 0.265 e. The van der Waals surface area contributed by atoms with E-state index in [2.05, 4.69) is 4.90 Å². The monoisotopic (exact) mass is 491 g/mol. The number of anilines is 1. The molecule has 1 saturated heterocycles. The highest BCUT2D eigenvalue weighted by molar-refractivity contribution is 7.93. The molecule has 0 unspecified atom stereocenters. The van der Waals surface area contributed by atoms with Crippen LogP contribution in [-0.2, 0) is 21.4 Å². The Kier molecular flexibility index (Phi) is 5.38. The van der Waals surface area contributed by atoms with Crippen molar-refractivity contribution in [1.82, 2.24) is 9.80 Å². The van der Waals surface area contributed by atoms with Crippen LogP contribution in [0.4, 0.5) is 5.69 Å². The molecule has 9 heteroatoms. The van der Waals surface area contributed by atoms with Crippen molar-refractivity contribution >= 4 is 21.6 Å². The van der Waals surface area contributed by atoms with Crippen LogP contribution in [0.15, 0.2) is 71.6 Å². The van der Waals surface area contributed by atoms with Gasteiger partial charge in [-0.05, 0) is 29.8 Å². The first-order chi connectivity index (χ1) is 17.0. The van der Waals surface area contributed by atoms with Gasteiger partial charge < -0.3 is 14.4 Å². The second-order valence-corrected chi connectivity index (χ2v) is 10.7. The fraction of sp³-hybridized carbons (Fsp3) is 0.269. The third-order valence-electron chi connectivity index (χ3n) is 6.77. The fourth-order valence-corrected chi connectivity index (χ4v) is 6.57. The summed E-state index contributed by atoms with van der Waals surface area (Å²) in [5, 5.41) is 0. The normalized spacial score (nSPS) is 18.2. The molecule has 3 aliphatic heterocycles. The van der Waals surface area contributed by atoms with Crippen molar-refractivity contribution in [2.45, 2.75) is 11.4 Å². The largest absolute Gasteiger partial charge is 0.454 e. The Morgan fingerprint density at radius 2 is 1.54 bits per heavy atom. The molecule has 0 aliphatic carbocycles. The highest BCUT2D eigenvalue weighted by Crippen LogP contribution is 2.42. The summed E-state index contributed by atoms with van der Waals surface area (Å²) in [6.07, 6.45) is 0. The Morgan fingerprint density at radius 1 is 0.829 bits per heavy atom. The van der Waals surface area contributed by atoms with Gasteiger partial charge in [0.15, 0.2) is 11.5 Å². The number of carbonyl (C=O) groups excluding carboxylic acids is 1. The molecular weight excluding hydrogens is 466 g/mol. The summed E-state index contributed by atoms with van der Waals surface area (Å²) in [5.41, 5.74) is 3.16. The third kappa shape index (κ3) is 3.90. The molecule has 3 aromatic rings. The first kappa shape index (κ1) is 21.9. The SMILES string of the molecule is O=C(CN1c2ccccc2-c2ccccc2S1(=O)=O)N1CCN(Cc2ccc3c(c2)OCO3)CC1. The Bertz CT molecular complexity index is 1400. The molecule has 1 amide bonds. The van der Waals surface area contributed by atoms with Gasteiger partial charge in [0.05, 0.1) is 10.6 Å². The molecule has 6 rings (SSSR count). The van der Waals surface area contributed by atoms with Crippen molar-refractivity contribution in [1.29, 1.82) is 0 Å². The molecular formula is C26H25N3O5S. The molecule has 35 heavy (non-hydrogen) atoms. The molecule has 3 heterocycles. The van der Waals surface area contributed by atoms with Crippen LogP contribution in [-0.4, -0.2) is 63.6 Å². The summed E-state index contributed by atoms with van der Waals surface area (Å²) < 4.78 is 39.0. The summed E-state index contributed by atoms with van der Waals surface area (Å²) >= 11 is 0. The molecule has 0 aromatic heterocycles. The van der Waals surface area contributed by atoms with Gasteiger partial charge in [0.25, 0.3) is 10.0 Å². The summed E-state index contributed by atoms with van der Waals surface area (Å²) in [5.74, 6) is 1.34. The number of rotatable bonds is 4. The average molecular weight is 492 g/mol. The minimum atomic E-state index is -3.83. The molecule has 0 N–H and O–H groups in total. The van der Waals surface area contributed by atoms with E-state index in [0.717, 1.165) is 29.2 Å². The van der Waals surface area contributed by atoms with Crippen molar-refractivity contribution in [3.63, 3.8) is 0 Å². The Hall–Kier alpha value is -3.56. The molecule has 0 saturated carbocycles. The van der Waals surface area contributed by atoms with Crippen LogP contribution >= 0.6 is 0 Å². The van der Waals surface area contributed by atoms with E-state index in [-0.39, 0.29) is 24.1 Å². The van der Waals surface area contributed by atoms with E-state index in [1.54, 1.807) is 29.2 Å². The van der Waals surface area contributed by atoms with Gasteiger partial charge >= 0.3 is 0 Å². The third-order valence-corrected chi connectivity index (χ3v) is 8.58. The summed E-state index contributed by atoms with van der Waals surface area (Å²) in [6.45, 7) is 3.32. The highest BCUT2D eigenvalue weighted by Gasteiger charge is 2.36. The van der Waals surface area contributed by atoms with Crippen LogP contribution in [0, 0.1) is 0 Å². The van der Waals surface area contributed by atoms with Gasteiger partial charge in [0.1, 0.15) is 6.54 Å². The number of hydrogen-bond donors (Lipinski definition) is 0. The lowest BCUT2D eigenvalue weighted by Crippen LogP contribution is -2.51. The molecule has 3 aliphatic rings. The van der Waals surface area contributed by atoms with Crippen LogP contribution in [0.5, 0.6) is 11.5 Å². The van der Waals surface area contributed by atoms with Crippen LogP contribution in [0.1, 0.15) is 5.56 Å². The van der Waals surface area contributed by atoms with Gasteiger partial charge in [-0.3, -0.25) is 14.0 Å². The van der Waals surface area contributed by atoms with Crippen LogP contribution in [0.25, 0.3) is 11.1 Å². The number of fused-ring (bicyclic) bond motifs is 4. The highest BCUT2D eigenvalue weighted by atomic mass is 32.2. The second-order valence-electron chi connectivity index (χ2n) is 8.87. The number of ether oxygens (including phenoxy) is 2. The number of carbonyl (C=O) groups is 1. The maximum atomic E-state index is 13.4. The molecule has 0 radical (unpaired) electrons. The second kappa shape index (κ2) is 8.58. The zero-order valence-corrected chi connectivity index (χ0v) is 19.9.